The van der Waals surface area contributed by atoms with E-state index in [-0.39, 0.29) is 0 Å². The summed E-state index contributed by atoms with van der Waals surface area (Å²) in [5, 5.41) is 15.1. The topological polar surface area (TPSA) is 13.1 Å². The van der Waals surface area contributed by atoms with Crippen LogP contribution in [-0.2, 0) is 0 Å². The van der Waals surface area contributed by atoms with E-state index in [0.29, 0.717) is 0 Å². The molecule has 0 unspecified atom stereocenters. The number of benzene rings is 10. The smallest absolute Gasteiger partial charge is 0.136 e. The molecule has 0 aliphatic carbocycles. The molecule has 12 aromatic rings. The van der Waals surface area contributed by atoms with Crippen LogP contribution in [0.3, 0.4) is 0 Å². The molecule has 0 spiro atoms. The molecule has 0 aliphatic rings. The number of hydrogen-bond donors (Lipinski definition) is 0. The molecule has 2 heterocycles. The first-order valence-corrected chi connectivity index (χ1v) is 19.3. The van der Waals surface area contributed by atoms with Crippen LogP contribution >= 0.6 is 11.3 Å². The Hall–Kier alpha value is -6.74. The van der Waals surface area contributed by atoms with E-state index < -0.39 is 0 Å². The normalized spacial score (nSPS) is 12.1. The second-order valence-corrected chi connectivity index (χ2v) is 15.4. The maximum absolute atomic E-state index is 6.31. The predicted octanol–water partition coefficient (Wildman–Crippen LogP) is 15.6. The van der Waals surface area contributed by atoms with Crippen molar-refractivity contribution in [1.82, 2.24) is 0 Å². The number of para-hydroxylation sites is 1. The van der Waals surface area contributed by atoms with Crippen molar-refractivity contribution in [2.24, 2.45) is 0 Å². The van der Waals surface area contributed by atoms with Crippen LogP contribution in [0.25, 0.3) is 119 Å². The minimum absolute atomic E-state index is 0.934. The van der Waals surface area contributed by atoms with Crippen molar-refractivity contribution < 1.29 is 4.42 Å². The van der Waals surface area contributed by atoms with Gasteiger partial charge in [0.05, 0.1) is 0 Å². The molecule has 0 aliphatic heterocycles. The van der Waals surface area contributed by atoms with Crippen molar-refractivity contribution in [3.8, 4) is 33.4 Å². The van der Waals surface area contributed by atoms with Crippen molar-refractivity contribution in [3.05, 3.63) is 182 Å². The fraction of sp³-hybridized carbons (Fsp3) is 0. The second-order valence-electron chi connectivity index (χ2n) is 14.3. The van der Waals surface area contributed by atoms with Crippen LogP contribution in [0.15, 0.2) is 186 Å². The Balaban J connectivity index is 1.06. The molecule has 10 aromatic carbocycles. The SMILES string of the molecule is c1cc(-c2ccc3sc4c(ccc5ccc6oc7ccccc7c6c54)c3c2)cc(-c2c3ccccc3c(-c3cccc4ccccc34)c3ccccc23)c1. The molecule has 0 saturated carbocycles. The maximum atomic E-state index is 6.31. The first-order valence-electron chi connectivity index (χ1n) is 18.5. The number of hydrogen-bond acceptors (Lipinski definition) is 2. The minimum atomic E-state index is 0.934. The van der Waals surface area contributed by atoms with Crippen LogP contribution in [0.2, 0.25) is 0 Å². The summed E-state index contributed by atoms with van der Waals surface area (Å²) in [6.45, 7) is 0. The van der Waals surface area contributed by atoms with Gasteiger partial charge in [-0.15, -0.1) is 11.3 Å². The summed E-state index contributed by atoms with van der Waals surface area (Å²) in [5.74, 6) is 0. The van der Waals surface area contributed by atoms with Gasteiger partial charge in [-0.2, -0.15) is 0 Å². The predicted molar refractivity (Wildman–Crippen MR) is 233 cm³/mol. The van der Waals surface area contributed by atoms with Gasteiger partial charge in [-0.3, -0.25) is 0 Å². The lowest BCUT2D eigenvalue weighted by molar-refractivity contribution is 0.669. The highest BCUT2D eigenvalue weighted by molar-refractivity contribution is 7.26. The average Bonchev–Trinajstić information content (AvgIpc) is 3.81. The highest BCUT2D eigenvalue weighted by Gasteiger charge is 2.19. The summed E-state index contributed by atoms with van der Waals surface area (Å²) < 4.78 is 8.92. The molecular formula is C52H30OS. The van der Waals surface area contributed by atoms with Gasteiger partial charge in [-0.25, -0.2) is 0 Å². The van der Waals surface area contributed by atoms with Crippen LogP contribution in [-0.4, -0.2) is 0 Å². The van der Waals surface area contributed by atoms with Crippen molar-refractivity contribution >= 4 is 96.5 Å². The highest BCUT2D eigenvalue weighted by Crippen LogP contribution is 2.47. The van der Waals surface area contributed by atoms with E-state index in [4.69, 9.17) is 4.42 Å². The Labute approximate surface area is 314 Å². The third-order valence-corrected chi connectivity index (χ3v) is 12.6. The van der Waals surface area contributed by atoms with Crippen molar-refractivity contribution in [2.75, 3.05) is 0 Å². The summed E-state index contributed by atoms with van der Waals surface area (Å²) in [4.78, 5) is 0. The first-order chi connectivity index (χ1) is 26.8. The summed E-state index contributed by atoms with van der Waals surface area (Å²) in [6, 6.07) is 66.7. The molecule has 2 heteroatoms. The molecule has 0 radical (unpaired) electrons. The van der Waals surface area contributed by atoms with E-state index in [9.17, 15) is 0 Å². The second kappa shape index (κ2) is 11.4. The van der Waals surface area contributed by atoms with E-state index in [1.807, 2.05) is 17.4 Å². The number of furan rings is 1. The van der Waals surface area contributed by atoms with Gasteiger partial charge in [-0.1, -0.05) is 152 Å². The third kappa shape index (κ3) is 4.26. The van der Waals surface area contributed by atoms with Gasteiger partial charge < -0.3 is 4.42 Å². The van der Waals surface area contributed by atoms with E-state index in [1.165, 1.54) is 107 Å². The Bertz CT molecular complexity index is 3450. The van der Waals surface area contributed by atoms with Gasteiger partial charge in [0.25, 0.3) is 0 Å². The van der Waals surface area contributed by atoms with Crippen molar-refractivity contribution in [2.45, 2.75) is 0 Å². The van der Waals surface area contributed by atoms with Crippen molar-refractivity contribution in [1.29, 1.82) is 0 Å². The van der Waals surface area contributed by atoms with E-state index in [2.05, 4.69) is 176 Å². The maximum Gasteiger partial charge on any atom is 0.136 e. The van der Waals surface area contributed by atoms with Crippen LogP contribution in [0.4, 0.5) is 0 Å². The molecule has 0 amide bonds. The molecule has 0 saturated heterocycles. The summed E-state index contributed by atoms with van der Waals surface area (Å²) in [7, 11) is 0. The van der Waals surface area contributed by atoms with Gasteiger partial charge >= 0.3 is 0 Å². The molecule has 0 bridgehead atoms. The standard InChI is InChI=1S/C52H30OS/c1-2-15-36-31(11-1)12-10-21-37(36)50-40-18-5-3-16-38(40)48(39-17-4-6-19-41(39)50)35-14-9-13-33(29-35)34-25-28-47-44(30-34)42-26-23-32-24-27-46-51(49(32)52(42)54-47)43-20-7-8-22-45(43)53-46/h1-30H. The van der Waals surface area contributed by atoms with Gasteiger partial charge in [0.2, 0.25) is 0 Å². The Kier molecular flexibility index (Phi) is 6.28. The van der Waals surface area contributed by atoms with Gasteiger partial charge in [0.1, 0.15) is 11.2 Å². The zero-order chi connectivity index (χ0) is 35.3. The lowest BCUT2D eigenvalue weighted by Gasteiger charge is -2.19. The largest absolute Gasteiger partial charge is 0.456 e. The van der Waals surface area contributed by atoms with Crippen LogP contribution in [0, 0.1) is 0 Å². The van der Waals surface area contributed by atoms with Crippen LogP contribution < -0.4 is 0 Å². The molecule has 12 rings (SSSR count). The quantitative estimate of drug-likeness (QED) is 0.167. The van der Waals surface area contributed by atoms with Gasteiger partial charge in [0.15, 0.2) is 0 Å². The fourth-order valence-corrected chi connectivity index (χ4v) is 10.3. The molecule has 0 N–H and O–H groups in total. The Morgan fingerprint density at radius 2 is 0.963 bits per heavy atom. The zero-order valence-electron chi connectivity index (χ0n) is 29.1. The third-order valence-electron chi connectivity index (χ3n) is 11.4. The minimum Gasteiger partial charge on any atom is -0.456 e. The fourth-order valence-electron chi connectivity index (χ4n) is 9.06. The molecule has 1 nitrogen and oxygen atoms in total. The van der Waals surface area contributed by atoms with Crippen molar-refractivity contribution in [3.63, 3.8) is 0 Å². The lowest BCUT2D eigenvalue weighted by atomic mass is 9.84. The molecular weight excluding hydrogens is 673 g/mol. The zero-order valence-corrected chi connectivity index (χ0v) is 30.0. The highest BCUT2D eigenvalue weighted by atomic mass is 32.1. The Morgan fingerprint density at radius 1 is 0.333 bits per heavy atom. The lowest BCUT2D eigenvalue weighted by Crippen LogP contribution is -1.92. The first kappa shape index (κ1) is 29.8. The van der Waals surface area contributed by atoms with Crippen LogP contribution in [0.5, 0.6) is 0 Å². The van der Waals surface area contributed by atoms with E-state index in [1.54, 1.807) is 0 Å². The van der Waals surface area contributed by atoms with Gasteiger partial charge in [-0.05, 0) is 101 Å². The molecule has 54 heavy (non-hydrogen) atoms. The molecule has 0 atom stereocenters. The number of rotatable bonds is 3. The number of thiophene rings is 1. The molecule has 0 fully saturated rings. The van der Waals surface area contributed by atoms with Crippen LogP contribution in [0.1, 0.15) is 0 Å². The molecule has 2 aromatic heterocycles. The molecule has 250 valence electrons. The van der Waals surface area contributed by atoms with E-state index >= 15 is 0 Å². The Morgan fingerprint density at radius 3 is 1.78 bits per heavy atom. The van der Waals surface area contributed by atoms with Gasteiger partial charge in [0, 0.05) is 36.3 Å². The number of fused-ring (bicyclic) bond motifs is 12. The van der Waals surface area contributed by atoms with E-state index in [0.717, 1.165) is 11.2 Å². The summed E-state index contributed by atoms with van der Waals surface area (Å²) in [6.07, 6.45) is 0. The summed E-state index contributed by atoms with van der Waals surface area (Å²) in [5.41, 5.74) is 9.37. The summed E-state index contributed by atoms with van der Waals surface area (Å²) >= 11 is 1.88. The monoisotopic (exact) mass is 702 g/mol. The average molecular weight is 703 g/mol.